The number of hydrogen-bond donors (Lipinski definition) is 1. The van der Waals surface area contributed by atoms with Crippen molar-refractivity contribution in [2.24, 2.45) is 4.99 Å². The molecule has 4 nitrogen and oxygen atoms in total. The molecule has 0 unspecified atom stereocenters. The molecule has 1 heterocycles. The van der Waals surface area contributed by atoms with Crippen LogP contribution in [0.25, 0.3) is 21.8 Å². The van der Waals surface area contributed by atoms with Crippen LogP contribution in [0.5, 0.6) is 5.75 Å². The molecule has 22 heavy (non-hydrogen) atoms. The number of phenols is 1. The standard InChI is InChI=1S/C17H11N3OS/c21-16-9-8-11-4-1-2-5-12(11)13(16)10-18-14-6-3-7-15-17(14)20-22-19-15/h1-10,21H. The molecule has 5 heteroatoms. The summed E-state index contributed by atoms with van der Waals surface area (Å²) < 4.78 is 8.48. The maximum Gasteiger partial charge on any atom is 0.130 e. The highest BCUT2D eigenvalue weighted by molar-refractivity contribution is 7.00. The minimum atomic E-state index is 0.214. The van der Waals surface area contributed by atoms with E-state index in [0.717, 1.165) is 27.5 Å². The number of aromatic hydroxyl groups is 1. The maximum absolute atomic E-state index is 10.1. The highest BCUT2D eigenvalue weighted by atomic mass is 32.1. The molecule has 0 radical (unpaired) electrons. The lowest BCUT2D eigenvalue weighted by Crippen LogP contribution is -1.86. The summed E-state index contributed by atoms with van der Waals surface area (Å²) in [5.74, 6) is 0.214. The predicted octanol–water partition coefficient (Wildman–Crippen LogP) is 4.30. The van der Waals surface area contributed by atoms with E-state index < -0.39 is 0 Å². The van der Waals surface area contributed by atoms with Gasteiger partial charge in [0, 0.05) is 11.8 Å². The molecule has 3 aromatic carbocycles. The van der Waals surface area contributed by atoms with Crippen LogP contribution in [0.2, 0.25) is 0 Å². The van der Waals surface area contributed by atoms with Crippen LogP contribution in [0.4, 0.5) is 5.69 Å². The van der Waals surface area contributed by atoms with Gasteiger partial charge in [0.1, 0.15) is 16.8 Å². The summed E-state index contributed by atoms with van der Waals surface area (Å²) in [6.07, 6.45) is 1.69. The Morgan fingerprint density at radius 3 is 2.82 bits per heavy atom. The van der Waals surface area contributed by atoms with E-state index in [1.54, 1.807) is 12.3 Å². The van der Waals surface area contributed by atoms with Crippen LogP contribution in [0.1, 0.15) is 5.56 Å². The molecule has 0 aliphatic heterocycles. The zero-order chi connectivity index (χ0) is 14.9. The van der Waals surface area contributed by atoms with Gasteiger partial charge in [-0.05, 0) is 29.0 Å². The second-order valence-corrected chi connectivity index (χ2v) is 5.42. The summed E-state index contributed by atoms with van der Waals surface area (Å²) in [7, 11) is 0. The van der Waals surface area contributed by atoms with E-state index in [9.17, 15) is 5.11 Å². The van der Waals surface area contributed by atoms with Gasteiger partial charge in [-0.25, -0.2) is 0 Å². The smallest absolute Gasteiger partial charge is 0.130 e. The van der Waals surface area contributed by atoms with Crippen molar-refractivity contribution in [2.75, 3.05) is 0 Å². The summed E-state index contributed by atoms with van der Waals surface area (Å²) in [5.41, 5.74) is 3.07. The predicted molar refractivity (Wildman–Crippen MR) is 90.3 cm³/mol. The van der Waals surface area contributed by atoms with Crippen molar-refractivity contribution < 1.29 is 5.11 Å². The van der Waals surface area contributed by atoms with Crippen LogP contribution < -0.4 is 0 Å². The lowest BCUT2D eigenvalue weighted by molar-refractivity contribution is 0.475. The van der Waals surface area contributed by atoms with E-state index in [4.69, 9.17) is 0 Å². The quantitative estimate of drug-likeness (QED) is 0.562. The molecule has 4 rings (SSSR count). The third-order valence-electron chi connectivity index (χ3n) is 3.55. The molecule has 1 N–H and O–H groups in total. The SMILES string of the molecule is Oc1ccc2ccccc2c1C=Nc1cccc2nsnc12. The van der Waals surface area contributed by atoms with Crippen LogP contribution >= 0.6 is 11.7 Å². The van der Waals surface area contributed by atoms with Crippen LogP contribution in [0.15, 0.2) is 59.6 Å². The average molecular weight is 305 g/mol. The van der Waals surface area contributed by atoms with Crippen molar-refractivity contribution in [2.45, 2.75) is 0 Å². The molecule has 0 aliphatic carbocycles. The van der Waals surface area contributed by atoms with Gasteiger partial charge >= 0.3 is 0 Å². The molecule has 0 atom stereocenters. The molecular weight excluding hydrogens is 294 g/mol. The van der Waals surface area contributed by atoms with Gasteiger partial charge in [-0.15, -0.1) is 0 Å². The topological polar surface area (TPSA) is 58.4 Å². The average Bonchev–Trinajstić information content (AvgIpc) is 3.03. The third-order valence-corrected chi connectivity index (χ3v) is 4.09. The molecule has 0 saturated heterocycles. The van der Waals surface area contributed by atoms with Gasteiger partial charge in [-0.1, -0.05) is 36.4 Å². The number of phenolic OH excluding ortho intramolecular Hbond substituents is 1. The number of nitrogens with zero attached hydrogens (tertiary/aromatic N) is 3. The van der Waals surface area contributed by atoms with Crippen molar-refractivity contribution in [1.29, 1.82) is 0 Å². The highest BCUT2D eigenvalue weighted by Gasteiger charge is 2.06. The van der Waals surface area contributed by atoms with Crippen LogP contribution in [0, 0.1) is 0 Å². The Bertz CT molecular complexity index is 1010. The number of aliphatic imine (C=N–C) groups is 1. The van der Waals surface area contributed by atoms with Gasteiger partial charge in [0.2, 0.25) is 0 Å². The molecule has 0 fully saturated rings. The molecule has 4 aromatic rings. The van der Waals surface area contributed by atoms with Gasteiger partial charge in [0.25, 0.3) is 0 Å². The highest BCUT2D eigenvalue weighted by Crippen LogP contribution is 2.28. The number of aromatic nitrogens is 2. The Labute approximate surface area is 130 Å². The first-order valence-electron chi connectivity index (χ1n) is 6.79. The lowest BCUT2D eigenvalue weighted by Gasteiger charge is -2.04. The first kappa shape index (κ1) is 12.9. The Balaban J connectivity index is 1.87. The summed E-state index contributed by atoms with van der Waals surface area (Å²) in [6, 6.07) is 17.2. The normalized spacial score (nSPS) is 11.6. The Morgan fingerprint density at radius 2 is 1.86 bits per heavy atom. The molecule has 0 saturated carbocycles. The molecule has 0 amide bonds. The Hall–Kier alpha value is -2.79. The zero-order valence-corrected chi connectivity index (χ0v) is 12.3. The van der Waals surface area contributed by atoms with Gasteiger partial charge in [0.05, 0.1) is 17.4 Å². The molecule has 106 valence electrons. The molecule has 1 aromatic heterocycles. The third kappa shape index (κ3) is 2.12. The fraction of sp³-hybridized carbons (Fsp3) is 0. The van der Waals surface area contributed by atoms with E-state index in [1.165, 1.54) is 11.7 Å². The van der Waals surface area contributed by atoms with Crippen LogP contribution in [-0.4, -0.2) is 20.1 Å². The maximum atomic E-state index is 10.1. The summed E-state index contributed by atoms with van der Waals surface area (Å²) in [5, 5.41) is 12.2. The van der Waals surface area contributed by atoms with Gasteiger partial charge < -0.3 is 5.11 Å². The molecule has 0 bridgehead atoms. The van der Waals surface area contributed by atoms with Crippen molar-refractivity contribution in [3.8, 4) is 5.75 Å². The number of rotatable bonds is 2. The minimum absolute atomic E-state index is 0.214. The minimum Gasteiger partial charge on any atom is -0.507 e. The second kappa shape index (κ2) is 5.20. The summed E-state index contributed by atoms with van der Waals surface area (Å²) in [4.78, 5) is 4.51. The first-order valence-corrected chi connectivity index (χ1v) is 7.52. The molecular formula is C17H11N3OS. The van der Waals surface area contributed by atoms with Gasteiger partial charge in [-0.3, -0.25) is 4.99 Å². The largest absolute Gasteiger partial charge is 0.507 e. The monoisotopic (exact) mass is 305 g/mol. The van der Waals surface area contributed by atoms with Crippen molar-refractivity contribution in [1.82, 2.24) is 8.75 Å². The number of hydrogen-bond acceptors (Lipinski definition) is 5. The Kier molecular flexibility index (Phi) is 3.05. The summed E-state index contributed by atoms with van der Waals surface area (Å²) in [6.45, 7) is 0. The van der Waals surface area contributed by atoms with E-state index in [2.05, 4.69) is 13.7 Å². The second-order valence-electron chi connectivity index (χ2n) is 4.89. The van der Waals surface area contributed by atoms with Crippen LogP contribution in [-0.2, 0) is 0 Å². The van der Waals surface area contributed by atoms with E-state index in [1.807, 2.05) is 48.5 Å². The van der Waals surface area contributed by atoms with E-state index in [0.29, 0.717) is 5.56 Å². The summed E-state index contributed by atoms with van der Waals surface area (Å²) >= 11 is 1.17. The molecule has 0 spiro atoms. The van der Waals surface area contributed by atoms with Crippen molar-refractivity contribution in [3.63, 3.8) is 0 Å². The van der Waals surface area contributed by atoms with Gasteiger partial charge in [-0.2, -0.15) is 8.75 Å². The number of benzene rings is 3. The van der Waals surface area contributed by atoms with Crippen LogP contribution in [0.3, 0.4) is 0 Å². The number of fused-ring (bicyclic) bond motifs is 2. The Morgan fingerprint density at radius 1 is 0.955 bits per heavy atom. The van der Waals surface area contributed by atoms with Crippen molar-refractivity contribution in [3.05, 3.63) is 60.2 Å². The van der Waals surface area contributed by atoms with E-state index in [-0.39, 0.29) is 5.75 Å². The fourth-order valence-electron chi connectivity index (χ4n) is 2.45. The molecule has 0 aliphatic rings. The van der Waals surface area contributed by atoms with E-state index >= 15 is 0 Å². The zero-order valence-electron chi connectivity index (χ0n) is 11.5. The fourth-order valence-corrected chi connectivity index (χ4v) is 2.99. The van der Waals surface area contributed by atoms with Crippen molar-refractivity contribution >= 4 is 45.4 Å². The lowest BCUT2D eigenvalue weighted by atomic mass is 10.0. The van der Waals surface area contributed by atoms with Gasteiger partial charge in [0.15, 0.2) is 0 Å². The first-order chi connectivity index (χ1) is 10.8.